The number of carbonyl (C=O) groups is 1. The van der Waals surface area contributed by atoms with Crippen LogP contribution in [0.3, 0.4) is 0 Å². The number of aromatic nitrogens is 3. The summed E-state index contributed by atoms with van der Waals surface area (Å²) >= 11 is 5.94. The zero-order valence-electron chi connectivity index (χ0n) is 14.6. The van der Waals surface area contributed by atoms with Crippen molar-refractivity contribution in [3.63, 3.8) is 0 Å². The quantitative estimate of drug-likeness (QED) is 0.595. The molecule has 3 aromatic rings. The normalized spacial score (nSPS) is 13.3. The second kappa shape index (κ2) is 7.32. The number of rotatable bonds is 5. The Hall–Kier alpha value is -2.99. The molecule has 0 atom stereocenters. The Morgan fingerprint density at radius 2 is 2.04 bits per heavy atom. The van der Waals surface area contributed by atoms with Gasteiger partial charge in [0, 0.05) is 18.5 Å². The molecule has 0 bridgehead atoms. The fraction of sp³-hybridized carbons (Fsp3) is 0.200. The van der Waals surface area contributed by atoms with Gasteiger partial charge < -0.3 is 9.47 Å². The van der Waals surface area contributed by atoms with E-state index in [1.54, 1.807) is 18.3 Å². The summed E-state index contributed by atoms with van der Waals surface area (Å²) in [6.07, 6.45) is 5.27. The molecule has 2 heterocycles. The van der Waals surface area contributed by atoms with Crippen LogP contribution < -0.4 is 9.47 Å². The molecule has 0 amide bonds. The van der Waals surface area contributed by atoms with Gasteiger partial charge in [0.15, 0.2) is 10.9 Å². The molecule has 0 N–H and O–H groups in total. The van der Waals surface area contributed by atoms with Gasteiger partial charge in [0.1, 0.15) is 5.75 Å². The molecule has 136 valence electrons. The SMILES string of the molecule is Cc1cccc(C2CC2)c1Oc1nnc(Cl)cc1OC(=O)c1cccnc1. The van der Waals surface area contributed by atoms with Crippen molar-refractivity contribution in [2.75, 3.05) is 0 Å². The summed E-state index contributed by atoms with van der Waals surface area (Å²) in [6, 6.07) is 10.7. The second-order valence-electron chi connectivity index (χ2n) is 6.34. The van der Waals surface area contributed by atoms with Gasteiger partial charge in [0.2, 0.25) is 0 Å². The molecular weight excluding hydrogens is 366 g/mol. The van der Waals surface area contributed by atoms with E-state index < -0.39 is 5.97 Å². The van der Waals surface area contributed by atoms with Gasteiger partial charge in [-0.1, -0.05) is 29.8 Å². The second-order valence-corrected chi connectivity index (χ2v) is 6.72. The van der Waals surface area contributed by atoms with E-state index in [9.17, 15) is 4.79 Å². The van der Waals surface area contributed by atoms with Crippen LogP contribution in [0.1, 0.15) is 40.2 Å². The maximum Gasteiger partial charge on any atom is 0.345 e. The van der Waals surface area contributed by atoms with Crippen LogP contribution in [0.4, 0.5) is 0 Å². The zero-order chi connectivity index (χ0) is 18.8. The monoisotopic (exact) mass is 381 g/mol. The van der Waals surface area contributed by atoms with Gasteiger partial charge in [-0.05, 0) is 48.9 Å². The lowest BCUT2D eigenvalue weighted by Crippen LogP contribution is -2.10. The average molecular weight is 382 g/mol. The first kappa shape index (κ1) is 17.4. The highest BCUT2D eigenvalue weighted by molar-refractivity contribution is 6.29. The molecule has 1 aromatic carbocycles. The first-order valence-electron chi connectivity index (χ1n) is 8.54. The van der Waals surface area contributed by atoms with E-state index in [4.69, 9.17) is 21.1 Å². The van der Waals surface area contributed by atoms with Gasteiger partial charge in [-0.3, -0.25) is 4.98 Å². The number of ether oxygens (including phenoxy) is 2. The van der Waals surface area contributed by atoms with Crippen LogP contribution in [-0.2, 0) is 0 Å². The van der Waals surface area contributed by atoms with Gasteiger partial charge in [0.25, 0.3) is 5.88 Å². The summed E-state index contributed by atoms with van der Waals surface area (Å²) < 4.78 is 11.5. The van der Waals surface area contributed by atoms with Crippen molar-refractivity contribution in [2.24, 2.45) is 0 Å². The Balaban J connectivity index is 1.66. The van der Waals surface area contributed by atoms with E-state index in [2.05, 4.69) is 15.2 Å². The van der Waals surface area contributed by atoms with Crippen LogP contribution in [0.25, 0.3) is 0 Å². The molecule has 0 spiro atoms. The Kier molecular flexibility index (Phi) is 4.73. The lowest BCUT2D eigenvalue weighted by Gasteiger charge is -2.14. The highest BCUT2D eigenvalue weighted by atomic mass is 35.5. The molecule has 0 unspecified atom stereocenters. The van der Waals surface area contributed by atoms with Crippen molar-refractivity contribution >= 4 is 17.6 Å². The van der Waals surface area contributed by atoms with E-state index in [1.165, 1.54) is 12.3 Å². The number of nitrogens with zero attached hydrogens (tertiary/aromatic N) is 3. The van der Waals surface area contributed by atoms with Crippen LogP contribution in [0.2, 0.25) is 5.15 Å². The Labute approximate surface area is 161 Å². The van der Waals surface area contributed by atoms with Crippen molar-refractivity contribution in [1.82, 2.24) is 15.2 Å². The summed E-state index contributed by atoms with van der Waals surface area (Å²) in [6.45, 7) is 1.96. The molecule has 1 saturated carbocycles. The van der Waals surface area contributed by atoms with Crippen molar-refractivity contribution in [2.45, 2.75) is 25.7 Å². The molecule has 1 aliphatic rings. The maximum absolute atomic E-state index is 12.4. The number of para-hydroxylation sites is 1. The van der Waals surface area contributed by atoms with E-state index in [-0.39, 0.29) is 16.8 Å². The van der Waals surface area contributed by atoms with Crippen LogP contribution in [0.5, 0.6) is 17.4 Å². The Morgan fingerprint density at radius 1 is 1.19 bits per heavy atom. The fourth-order valence-corrected chi connectivity index (χ4v) is 2.89. The number of esters is 1. The van der Waals surface area contributed by atoms with Crippen molar-refractivity contribution in [3.05, 3.63) is 70.6 Å². The van der Waals surface area contributed by atoms with Gasteiger partial charge in [-0.25, -0.2) is 4.79 Å². The Morgan fingerprint density at radius 3 is 2.78 bits per heavy atom. The van der Waals surface area contributed by atoms with Gasteiger partial charge in [0.05, 0.1) is 5.56 Å². The molecule has 27 heavy (non-hydrogen) atoms. The largest absolute Gasteiger partial charge is 0.434 e. The third kappa shape index (κ3) is 3.90. The van der Waals surface area contributed by atoms with Crippen LogP contribution in [0.15, 0.2) is 48.8 Å². The lowest BCUT2D eigenvalue weighted by atomic mass is 10.1. The number of halogens is 1. The van der Waals surface area contributed by atoms with Crippen molar-refractivity contribution in [1.29, 1.82) is 0 Å². The minimum atomic E-state index is -0.579. The summed E-state index contributed by atoms with van der Waals surface area (Å²) in [7, 11) is 0. The number of benzene rings is 1. The van der Waals surface area contributed by atoms with E-state index in [0.29, 0.717) is 11.5 Å². The topological polar surface area (TPSA) is 74.2 Å². The standard InChI is InChI=1S/C20H16ClN3O3/c1-12-4-2-6-15(13-7-8-13)18(12)27-19-16(10-17(21)23-24-19)26-20(25)14-5-3-9-22-11-14/h2-6,9-11,13H,7-8H2,1H3. The highest BCUT2D eigenvalue weighted by Gasteiger charge is 2.28. The molecule has 0 aliphatic heterocycles. The minimum absolute atomic E-state index is 0.0906. The number of carbonyl (C=O) groups excluding carboxylic acids is 1. The molecular formula is C20H16ClN3O3. The van der Waals surface area contributed by atoms with Gasteiger partial charge >= 0.3 is 5.97 Å². The molecule has 7 heteroatoms. The number of hydrogen-bond acceptors (Lipinski definition) is 6. The number of pyridine rings is 1. The molecule has 6 nitrogen and oxygen atoms in total. The first-order valence-corrected chi connectivity index (χ1v) is 8.92. The molecule has 1 fully saturated rings. The third-order valence-electron chi connectivity index (χ3n) is 4.26. The van der Waals surface area contributed by atoms with Gasteiger partial charge in [-0.2, -0.15) is 0 Å². The molecule has 1 aliphatic carbocycles. The average Bonchev–Trinajstić information content (AvgIpc) is 3.51. The molecule has 0 radical (unpaired) electrons. The smallest absolute Gasteiger partial charge is 0.345 e. The fourth-order valence-electron chi connectivity index (χ4n) is 2.75. The van der Waals surface area contributed by atoms with Crippen LogP contribution >= 0.6 is 11.6 Å². The number of hydrogen-bond donors (Lipinski definition) is 0. The van der Waals surface area contributed by atoms with E-state index >= 15 is 0 Å². The summed E-state index contributed by atoms with van der Waals surface area (Å²) in [5, 5.41) is 7.91. The van der Waals surface area contributed by atoms with Crippen LogP contribution in [-0.4, -0.2) is 21.2 Å². The summed E-state index contributed by atoms with van der Waals surface area (Å²) in [5.41, 5.74) is 2.41. The highest BCUT2D eigenvalue weighted by Crippen LogP contribution is 2.46. The third-order valence-corrected chi connectivity index (χ3v) is 4.44. The van der Waals surface area contributed by atoms with Crippen molar-refractivity contribution in [3.8, 4) is 17.4 Å². The van der Waals surface area contributed by atoms with Crippen molar-refractivity contribution < 1.29 is 14.3 Å². The summed E-state index contributed by atoms with van der Waals surface area (Å²) in [4.78, 5) is 16.3. The minimum Gasteiger partial charge on any atom is -0.434 e. The predicted octanol–water partition coefficient (Wildman–Crippen LogP) is 4.72. The lowest BCUT2D eigenvalue weighted by molar-refractivity contribution is 0.0728. The Bertz CT molecular complexity index is 991. The first-order chi connectivity index (χ1) is 13.1. The summed E-state index contributed by atoms with van der Waals surface area (Å²) in [5.74, 6) is 0.822. The van der Waals surface area contributed by atoms with E-state index in [0.717, 1.165) is 29.7 Å². The molecule has 2 aromatic heterocycles. The zero-order valence-corrected chi connectivity index (χ0v) is 15.3. The van der Waals surface area contributed by atoms with E-state index in [1.807, 2.05) is 25.1 Å². The molecule has 0 saturated heterocycles. The predicted molar refractivity (Wildman–Crippen MR) is 99.5 cm³/mol. The molecule has 4 rings (SSSR count). The van der Waals surface area contributed by atoms with Gasteiger partial charge in [-0.15, -0.1) is 10.2 Å². The maximum atomic E-state index is 12.4. The number of aryl methyl sites for hydroxylation is 1. The van der Waals surface area contributed by atoms with Crippen LogP contribution in [0, 0.1) is 6.92 Å².